The van der Waals surface area contributed by atoms with Crippen LogP contribution in [0.25, 0.3) is 0 Å². The molecule has 6 nitrogen and oxygen atoms in total. The molecule has 1 aromatic carbocycles. The summed E-state index contributed by atoms with van der Waals surface area (Å²) in [5.74, 6) is 0. The van der Waals surface area contributed by atoms with Gasteiger partial charge in [-0.25, -0.2) is 8.42 Å². The van der Waals surface area contributed by atoms with E-state index in [1.54, 1.807) is 0 Å². The van der Waals surface area contributed by atoms with Gasteiger partial charge in [-0.05, 0) is 18.2 Å². The summed E-state index contributed by atoms with van der Waals surface area (Å²) in [5, 5.41) is 0.102. The minimum Gasteiger partial charge on any atom is -0.399 e. The lowest BCUT2D eigenvalue weighted by atomic mass is 10.3. The van der Waals surface area contributed by atoms with Crippen LogP contribution in [0.15, 0.2) is 23.1 Å². The van der Waals surface area contributed by atoms with Crippen LogP contribution in [0.4, 0.5) is 5.69 Å². The molecule has 0 aliphatic carbocycles. The van der Waals surface area contributed by atoms with Gasteiger partial charge in [0.05, 0.1) is 18.2 Å². The summed E-state index contributed by atoms with van der Waals surface area (Å²) >= 11 is 5.98. The lowest BCUT2D eigenvalue weighted by molar-refractivity contribution is 0.150. The maximum absolute atomic E-state index is 12.6. The number of hydrogen-bond donors (Lipinski definition) is 1. The van der Waals surface area contributed by atoms with E-state index in [-0.39, 0.29) is 36.2 Å². The molecule has 0 aliphatic heterocycles. The van der Waals surface area contributed by atoms with E-state index in [0.717, 1.165) is 0 Å². The second kappa shape index (κ2) is 7.80. The molecule has 0 aromatic heterocycles. The molecule has 0 saturated heterocycles. The number of benzene rings is 1. The van der Waals surface area contributed by atoms with Crippen LogP contribution in [0.5, 0.6) is 0 Å². The van der Waals surface area contributed by atoms with Gasteiger partial charge in [0.25, 0.3) is 0 Å². The van der Waals surface area contributed by atoms with E-state index in [0.29, 0.717) is 5.69 Å². The van der Waals surface area contributed by atoms with Gasteiger partial charge in [-0.15, -0.1) is 0 Å². The van der Waals surface area contributed by atoms with Crippen molar-refractivity contribution in [2.45, 2.75) is 4.90 Å². The highest BCUT2D eigenvalue weighted by Gasteiger charge is 2.26. The van der Waals surface area contributed by atoms with Crippen LogP contribution in [0.1, 0.15) is 0 Å². The van der Waals surface area contributed by atoms with Crippen molar-refractivity contribution in [1.29, 1.82) is 0 Å². The number of hydrogen-bond acceptors (Lipinski definition) is 5. The molecule has 0 radical (unpaired) electrons. The first kappa shape index (κ1) is 17.2. The van der Waals surface area contributed by atoms with Crippen LogP contribution in [0.3, 0.4) is 0 Å². The van der Waals surface area contributed by atoms with E-state index >= 15 is 0 Å². The molecule has 0 fully saturated rings. The van der Waals surface area contributed by atoms with Crippen molar-refractivity contribution >= 4 is 27.3 Å². The number of methoxy groups -OCH3 is 2. The zero-order valence-electron chi connectivity index (χ0n) is 11.5. The lowest BCUT2D eigenvalue weighted by Crippen LogP contribution is -2.36. The summed E-state index contributed by atoms with van der Waals surface area (Å²) in [5.41, 5.74) is 5.99. The molecule has 0 bridgehead atoms. The Labute approximate surface area is 124 Å². The average molecular weight is 323 g/mol. The Kier molecular flexibility index (Phi) is 6.70. The van der Waals surface area contributed by atoms with Crippen LogP contribution >= 0.6 is 11.6 Å². The summed E-state index contributed by atoms with van der Waals surface area (Å²) < 4.78 is 36.3. The number of sulfonamides is 1. The number of rotatable bonds is 8. The third kappa shape index (κ3) is 4.32. The minimum absolute atomic E-state index is 0.0283. The van der Waals surface area contributed by atoms with Crippen LogP contribution in [0.2, 0.25) is 5.02 Å². The molecule has 0 amide bonds. The molecular formula is C12H19ClN2O4S. The van der Waals surface area contributed by atoms with Gasteiger partial charge in [0.15, 0.2) is 0 Å². The summed E-state index contributed by atoms with van der Waals surface area (Å²) in [7, 11) is -0.685. The van der Waals surface area contributed by atoms with Crippen molar-refractivity contribution in [3.05, 3.63) is 23.2 Å². The fraction of sp³-hybridized carbons (Fsp3) is 0.500. The molecular weight excluding hydrogens is 304 g/mol. The summed E-state index contributed by atoms with van der Waals surface area (Å²) in [6.45, 7) is 1.02. The Balaban J connectivity index is 3.07. The molecule has 0 unspecified atom stereocenters. The number of nitrogen functional groups attached to an aromatic ring is 1. The van der Waals surface area contributed by atoms with Crippen molar-refractivity contribution in [2.24, 2.45) is 0 Å². The van der Waals surface area contributed by atoms with E-state index in [9.17, 15) is 8.42 Å². The van der Waals surface area contributed by atoms with Gasteiger partial charge >= 0.3 is 0 Å². The number of anilines is 1. The molecule has 0 heterocycles. The number of nitrogens with zero attached hydrogens (tertiary/aromatic N) is 1. The van der Waals surface area contributed by atoms with Crippen molar-refractivity contribution in [3.8, 4) is 0 Å². The molecule has 0 saturated carbocycles. The first-order valence-electron chi connectivity index (χ1n) is 5.96. The van der Waals surface area contributed by atoms with Gasteiger partial charge in [0, 0.05) is 33.0 Å². The normalized spacial score (nSPS) is 12.0. The van der Waals surface area contributed by atoms with E-state index in [1.807, 2.05) is 0 Å². The first-order valence-corrected chi connectivity index (χ1v) is 7.78. The van der Waals surface area contributed by atoms with E-state index in [1.165, 1.54) is 36.7 Å². The number of nitrogens with two attached hydrogens (primary N) is 1. The van der Waals surface area contributed by atoms with E-state index in [2.05, 4.69) is 0 Å². The van der Waals surface area contributed by atoms with Gasteiger partial charge in [-0.1, -0.05) is 11.6 Å². The molecule has 114 valence electrons. The van der Waals surface area contributed by atoms with Gasteiger partial charge in [-0.2, -0.15) is 4.31 Å². The van der Waals surface area contributed by atoms with E-state index < -0.39 is 10.0 Å². The molecule has 1 rings (SSSR count). The Hall–Kier alpha value is -0.860. The zero-order chi connectivity index (χ0) is 15.2. The summed E-state index contributed by atoms with van der Waals surface area (Å²) in [4.78, 5) is 0.0283. The van der Waals surface area contributed by atoms with Crippen LogP contribution in [0, 0.1) is 0 Å². The van der Waals surface area contributed by atoms with E-state index in [4.69, 9.17) is 26.8 Å². The maximum Gasteiger partial charge on any atom is 0.244 e. The fourth-order valence-corrected chi connectivity index (χ4v) is 3.54. The second-order valence-corrected chi connectivity index (χ2v) is 6.39. The highest BCUT2D eigenvalue weighted by Crippen LogP contribution is 2.26. The summed E-state index contributed by atoms with van der Waals surface area (Å²) in [6.07, 6.45) is 0. The molecule has 20 heavy (non-hydrogen) atoms. The topological polar surface area (TPSA) is 81.9 Å². The van der Waals surface area contributed by atoms with Crippen LogP contribution < -0.4 is 5.73 Å². The SMILES string of the molecule is COCCN(CCOC)S(=O)(=O)c1ccc(N)cc1Cl. The minimum atomic E-state index is -3.71. The number of ether oxygens (including phenoxy) is 2. The Morgan fingerprint density at radius 2 is 1.75 bits per heavy atom. The van der Waals surface area contributed by atoms with Gasteiger partial charge in [0.2, 0.25) is 10.0 Å². The predicted molar refractivity (Wildman–Crippen MR) is 78.4 cm³/mol. The third-order valence-electron chi connectivity index (χ3n) is 2.66. The highest BCUT2D eigenvalue weighted by molar-refractivity contribution is 7.89. The van der Waals surface area contributed by atoms with Gasteiger partial charge in [0.1, 0.15) is 4.90 Å². The van der Waals surface area contributed by atoms with Crippen molar-refractivity contribution in [3.63, 3.8) is 0 Å². The average Bonchev–Trinajstić information content (AvgIpc) is 2.38. The zero-order valence-corrected chi connectivity index (χ0v) is 13.1. The van der Waals surface area contributed by atoms with Crippen molar-refractivity contribution in [1.82, 2.24) is 4.31 Å². The largest absolute Gasteiger partial charge is 0.399 e. The van der Waals surface area contributed by atoms with Crippen molar-refractivity contribution < 1.29 is 17.9 Å². The smallest absolute Gasteiger partial charge is 0.244 e. The molecule has 0 aliphatic rings. The Bertz CT molecular complexity index is 528. The predicted octanol–water partition coefficient (Wildman–Crippen LogP) is 1.21. The standard InChI is InChI=1S/C12H19ClN2O4S/c1-18-7-5-15(6-8-19-2)20(16,17)12-4-3-10(14)9-11(12)13/h3-4,9H,5-8,14H2,1-2H3. The molecule has 0 atom stereocenters. The molecule has 2 N–H and O–H groups in total. The third-order valence-corrected chi connectivity index (χ3v) is 5.04. The Morgan fingerprint density at radius 1 is 1.20 bits per heavy atom. The van der Waals surface area contributed by atoms with Crippen LogP contribution in [-0.4, -0.2) is 53.2 Å². The lowest BCUT2D eigenvalue weighted by Gasteiger charge is -2.22. The number of halogens is 1. The monoisotopic (exact) mass is 322 g/mol. The quantitative estimate of drug-likeness (QED) is 0.727. The van der Waals surface area contributed by atoms with Crippen molar-refractivity contribution in [2.75, 3.05) is 46.3 Å². The maximum atomic E-state index is 12.6. The highest BCUT2D eigenvalue weighted by atomic mass is 35.5. The van der Waals surface area contributed by atoms with Crippen LogP contribution in [-0.2, 0) is 19.5 Å². The first-order chi connectivity index (χ1) is 9.43. The Morgan fingerprint density at radius 3 is 2.20 bits per heavy atom. The summed E-state index contributed by atoms with van der Waals surface area (Å²) in [6, 6.07) is 4.32. The second-order valence-electron chi connectivity index (χ2n) is 4.08. The molecule has 8 heteroatoms. The molecule has 1 aromatic rings. The molecule has 0 spiro atoms. The van der Waals surface area contributed by atoms with Gasteiger partial charge < -0.3 is 15.2 Å². The van der Waals surface area contributed by atoms with Gasteiger partial charge in [-0.3, -0.25) is 0 Å². The fourth-order valence-electron chi connectivity index (χ4n) is 1.60.